The van der Waals surface area contributed by atoms with E-state index < -0.39 is 4.92 Å². The van der Waals surface area contributed by atoms with Gasteiger partial charge in [-0.15, -0.1) is 6.42 Å². The summed E-state index contributed by atoms with van der Waals surface area (Å²) < 4.78 is 10.4. The number of benzene rings is 1. The van der Waals surface area contributed by atoms with Crippen LogP contribution in [0, 0.1) is 22.5 Å². The number of methoxy groups -OCH3 is 1. The van der Waals surface area contributed by atoms with Gasteiger partial charge in [-0.05, 0) is 6.07 Å². The highest BCUT2D eigenvalue weighted by molar-refractivity contribution is 5.95. The van der Waals surface area contributed by atoms with E-state index in [-0.39, 0.29) is 23.4 Å². The molecule has 2 rings (SSSR count). The molecular weight excluding hydrogens is 288 g/mol. The topological polar surface area (TPSA) is 81.9 Å². The Morgan fingerprint density at radius 2 is 2.32 bits per heavy atom. The Labute approximate surface area is 128 Å². The van der Waals surface area contributed by atoms with E-state index in [1.54, 1.807) is 4.90 Å². The van der Waals surface area contributed by atoms with E-state index in [0.29, 0.717) is 31.7 Å². The Morgan fingerprint density at radius 3 is 2.95 bits per heavy atom. The molecule has 0 unspecified atom stereocenters. The van der Waals surface area contributed by atoms with E-state index in [9.17, 15) is 14.9 Å². The minimum atomic E-state index is -0.551. The Kier molecular flexibility index (Phi) is 4.96. The summed E-state index contributed by atoms with van der Waals surface area (Å²) in [5.41, 5.74) is 0.159. The molecule has 1 amide bonds. The summed E-state index contributed by atoms with van der Waals surface area (Å²) in [5.74, 6) is 2.36. The van der Waals surface area contributed by atoms with Crippen molar-refractivity contribution in [3.8, 4) is 18.1 Å². The number of carbonyl (C=O) groups excluding carboxylic acids is 1. The molecule has 0 bridgehead atoms. The van der Waals surface area contributed by atoms with Crippen molar-refractivity contribution in [1.82, 2.24) is 4.90 Å². The molecule has 0 spiro atoms. The van der Waals surface area contributed by atoms with Crippen molar-refractivity contribution >= 4 is 11.6 Å². The SMILES string of the molecule is C#C[C@@H]1CCN(C(=O)c2ccc([N+](=O)[O-])c(OC)c2)CCO1. The van der Waals surface area contributed by atoms with Gasteiger partial charge in [0.1, 0.15) is 6.10 Å². The highest BCUT2D eigenvalue weighted by Gasteiger charge is 2.23. The molecular formula is C15H16N2O5. The molecule has 0 N–H and O–H groups in total. The fraction of sp³-hybridized carbons (Fsp3) is 0.400. The van der Waals surface area contributed by atoms with Gasteiger partial charge >= 0.3 is 5.69 Å². The third-order valence-corrected chi connectivity index (χ3v) is 3.44. The fourth-order valence-electron chi connectivity index (χ4n) is 2.25. The van der Waals surface area contributed by atoms with Crippen LogP contribution in [0.1, 0.15) is 16.8 Å². The quantitative estimate of drug-likeness (QED) is 0.480. The van der Waals surface area contributed by atoms with Crippen molar-refractivity contribution < 1.29 is 19.2 Å². The van der Waals surface area contributed by atoms with E-state index in [4.69, 9.17) is 15.9 Å². The van der Waals surface area contributed by atoms with Crippen molar-refractivity contribution in [3.63, 3.8) is 0 Å². The lowest BCUT2D eigenvalue weighted by molar-refractivity contribution is -0.385. The maximum Gasteiger partial charge on any atom is 0.310 e. The zero-order valence-corrected chi connectivity index (χ0v) is 12.2. The Balaban J connectivity index is 2.19. The first-order valence-corrected chi connectivity index (χ1v) is 6.76. The van der Waals surface area contributed by atoms with Gasteiger partial charge < -0.3 is 14.4 Å². The smallest absolute Gasteiger partial charge is 0.310 e. The summed E-state index contributed by atoms with van der Waals surface area (Å²) in [6.07, 6.45) is 5.60. The Hall–Kier alpha value is -2.59. The fourth-order valence-corrected chi connectivity index (χ4v) is 2.25. The van der Waals surface area contributed by atoms with Crippen molar-refractivity contribution in [1.29, 1.82) is 0 Å². The number of carbonyl (C=O) groups is 1. The number of nitro groups is 1. The average Bonchev–Trinajstić information content (AvgIpc) is 2.78. The van der Waals surface area contributed by atoms with Gasteiger partial charge in [-0.1, -0.05) is 5.92 Å². The summed E-state index contributed by atoms with van der Waals surface area (Å²) in [6.45, 7) is 1.27. The van der Waals surface area contributed by atoms with E-state index >= 15 is 0 Å². The summed E-state index contributed by atoms with van der Waals surface area (Å²) in [4.78, 5) is 24.4. The molecule has 1 atom stereocenters. The maximum absolute atomic E-state index is 12.5. The third-order valence-electron chi connectivity index (χ3n) is 3.44. The molecule has 1 aromatic carbocycles. The minimum absolute atomic E-state index is 0.0587. The van der Waals surface area contributed by atoms with Crippen molar-refractivity contribution in [2.75, 3.05) is 26.8 Å². The molecule has 1 saturated heterocycles. The minimum Gasteiger partial charge on any atom is -0.490 e. The maximum atomic E-state index is 12.5. The van der Waals surface area contributed by atoms with Crippen LogP contribution in [0.4, 0.5) is 5.69 Å². The summed E-state index contributed by atoms with van der Waals surface area (Å²) in [5, 5.41) is 10.9. The first-order valence-electron chi connectivity index (χ1n) is 6.76. The first kappa shape index (κ1) is 15.8. The number of hydrogen-bond acceptors (Lipinski definition) is 5. The van der Waals surface area contributed by atoms with Crippen LogP contribution in [-0.4, -0.2) is 48.6 Å². The molecule has 1 aliphatic rings. The lowest BCUT2D eigenvalue weighted by Gasteiger charge is -2.19. The van der Waals surface area contributed by atoms with Crippen LogP contribution >= 0.6 is 0 Å². The van der Waals surface area contributed by atoms with Crippen molar-refractivity contribution in [3.05, 3.63) is 33.9 Å². The largest absolute Gasteiger partial charge is 0.490 e. The molecule has 1 aromatic rings. The molecule has 7 heteroatoms. The van der Waals surface area contributed by atoms with Crippen LogP contribution in [-0.2, 0) is 4.74 Å². The predicted molar refractivity (Wildman–Crippen MR) is 78.7 cm³/mol. The molecule has 116 valence electrons. The predicted octanol–water partition coefficient (Wildman–Crippen LogP) is 1.47. The molecule has 22 heavy (non-hydrogen) atoms. The van der Waals surface area contributed by atoms with Crippen LogP contribution in [0.5, 0.6) is 5.75 Å². The summed E-state index contributed by atoms with van der Waals surface area (Å²) >= 11 is 0. The molecule has 0 saturated carbocycles. The van der Waals surface area contributed by atoms with E-state index in [1.807, 2.05) is 0 Å². The molecule has 0 aromatic heterocycles. The van der Waals surface area contributed by atoms with Gasteiger partial charge in [0.05, 0.1) is 18.6 Å². The second kappa shape index (κ2) is 6.91. The second-order valence-electron chi connectivity index (χ2n) is 4.75. The van der Waals surface area contributed by atoms with Gasteiger partial charge in [0.2, 0.25) is 0 Å². The Morgan fingerprint density at radius 1 is 1.55 bits per heavy atom. The van der Waals surface area contributed by atoms with Gasteiger partial charge in [0, 0.05) is 37.2 Å². The number of amides is 1. The number of rotatable bonds is 3. The third kappa shape index (κ3) is 3.35. The van der Waals surface area contributed by atoms with E-state index in [2.05, 4.69) is 5.92 Å². The van der Waals surface area contributed by atoms with Gasteiger partial charge in [-0.3, -0.25) is 14.9 Å². The van der Waals surface area contributed by atoms with Crippen molar-refractivity contribution in [2.24, 2.45) is 0 Å². The zero-order valence-electron chi connectivity index (χ0n) is 12.2. The lowest BCUT2D eigenvalue weighted by atomic mass is 10.1. The lowest BCUT2D eigenvalue weighted by Crippen LogP contribution is -2.33. The van der Waals surface area contributed by atoms with E-state index in [0.717, 1.165) is 0 Å². The van der Waals surface area contributed by atoms with Crippen LogP contribution in [0.15, 0.2) is 18.2 Å². The van der Waals surface area contributed by atoms with Crippen LogP contribution in [0.2, 0.25) is 0 Å². The highest BCUT2D eigenvalue weighted by atomic mass is 16.6. The van der Waals surface area contributed by atoms with Crippen LogP contribution < -0.4 is 4.74 Å². The van der Waals surface area contributed by atoms with E-state index in [1.165, 1.54) is 25.3 Å². The number of hydrogen-bond donors (Lipinski definition) is 0. The number of nitrogens with zero attached hydrogens (tertiary/aromatic N) is 2. The average molecular weight is 304 g/mol. The number of terminal acetylenes is 1. The molecule has 1 fully saturated rings. The first-order chi connectivity index (χ1) is 10.6. The summed E-state index contributed by atoms with van der Waals surface area (Å²) in [7, 11) is 1.33. The van der Waals surface area contributed by atoms with Gasteiger partial charge in [0.25, 0.3) is 5.91 Å². The standard InChI is InChI=1S/C15H16N2O5/c1-3-12-6-7-16(8-9-22-12)15(18)11-4-5-13(17(19)20)14(10-11)21-2/h1,4-5,10,12H,6-9H2,2H3/t12-/m1/s1. The second-order valence-corrected chi connectivity index (χ2v) is 4.75. The molecule has 1 heterocycles. The van der Waals surface area contributed by atoms with Crippen molar-refractivity contribution in [2.45, 2.75) is 12.5 Å². The molecule has 0 radical (unpaired) electrons. The zero-order chi connectivity index (χ0) is 16.1. The molecule has 0 aliphatic carbocycles. The molecule has 7 nitrogen and oxygen atoms in total. The van der Waals surface area contributed by atoms with Gasteiger partial charge in [0.15, 0.2) is 5.75 Å². The summed E-state index contributed by atoms with van der Waals surface area (Å²) in [6, 6.07) is 4.07. The number of ether oxygens (including phenoxy) is 2. The molecule has 1 aliphatic heterocycles. The monoisotopic (exact) mass is 304 g/mol. The normalized spacial score (nSPS) is 18.2. The van der Waals surface area contributed by atoms with Gasteiger partial charge in [-0.2, -0.15) is 0 Å². The Bertz CT molecular complexity index is 623. The number of nitro benzene ring substituents is 1. The van der Waals surface area contributed by atoms with Crippen LogP contribution in [0.3, 0.4) is 0 Å². The van der Waals surface area contributed by atoms with Gasteiger partial charge in [-0.25, -0.2) is 0 Å². The highest BCUT2D eigenvalue weighted by Crippen LogP contribution is 2.28. The van der Waals surface area contributed by atoms with Crippen LogP contribution in [0.25, 0.3) is 0 Å².